The molecular formula is C11H19N3O5. The lowest BCUT2D eigenvalue weighted by Gasteiger charge is -2.31. The van der Waals surface area contributed by atoms with E-state index >= 15 is 0 Å². The van der Waals surface area contributed by atoms with E-state index in [1.807, 2.05) is 0 Å². The van der Waals surface area contributed by atoms with Crippen molar-refractivity contribution in [2.75, 3.05) is 13.1 Å². The van der Waals surface area contributed by atoms with Crippen LogP contribution in [0.25, 0.3) is 0 Å². The van der Waals surface area contributed by atoms with Crippen LogP contribution in [0.5, 0.6) is 0 Å². The molecule has 2 atom stereocenters. The van der Waals surface area contributed by atoms with Gasteiger partial charge in [-0.1, -0.05) is 12.8 Å². The molecule has 1 fully saturated rings. The van der Waals surface area contributed by atoms with Crippen molar-refractivity contribution >= 4 is 18.0 Å². The largest absolute Gasteiger partial charge is 0.480 e. The first-order valence-corrected chi connectivity index (χ1v) is 6.14. The zero-order valence-corrected chi connectivity index (χ0v) is 10.5. The molecule has 5 N–H and O–H groups in total. The van der Waals surface area contributed by atoms with E-state index in [4.69, 9.17) is 15.9 Å². The predicted molar refractivity (Wildman–Crippen MR) is 65.6 cm³/mol. The summed E-state index contributed by atoms with van der Waals surface area (Å²) in [4.78, 5) is 33.8. The number of hydrogen-bond acceptors (Lipinski definition) is 4. The number of urea groups is 1. The van der Waals surface area contributed by atoms with Crippen molar-refractivity contribution in [3.05, 3.63) is 0 Å². The lowest BCUT2D eigenvalue weighted by molar-refractivity contribution is -0.140. The number of aliphatic carboxylic acids is 2. The maximum Gasteiger partial charge on any atom is 0.323 e. The van der Waals surface area contributed by atoms with E-state index in [0.717, 1.165) is 30.6 Å². The molecule has 0 heterocycles. The standard InChI is InChI=1S/C11H19N3O5/c12-7-3-1-2-4-8(7)13-11(19)14(5-9(15)16)6-10(17)18/h7-8H,1-6,12H2,(H,13,19)(H,15,16)(H,17,18). The van der Waals surface area contributed by atoms with Crippen LogP contribution >= 0.6 is 0 Å². The molecule has 0 spiro atoms. The summed E-state index contributed by atoms with van der Waals surface area (Å²) in [5.41, 5.74) is 5.86. The van der Waals surface area contributed by atoms with Crippen LogP contribution < -0.4 is 11.1 Å². The zero-order chi connectivity index (χ0) is 14.4. The van der Waals surface area contributed by atoms with Crippen molar-refractivity contribution in [1.29, 1.82) is 0 Å². The number of carboxylic acids is 2. The molecule has 8 heteroatoms. The molecule has 108 valence electrons. The highest BCUT2D eigenvalue weighted by molar-refractivity contribution is 5.84. The number of carbonyl (C=O) groups is 3. The Morgan fingerprint density at radius 1 is 1.11 bits per heavy atom. The van der Waals surface area contributed by atoms with Crippen LogP contribution in [0.2, 0.25) is 0 Å². The van der Waals surface area contributed by atoms with E-state index in [1.165, 1.54) is 0 Å². The highest BCUT2D eigenvalue weighted by Crippen LogP contribution is 2.17. The van der Waals surface area contributed by atoms with Crippen LogP contribution in [0.1, 0.15) is 25.7 Å². The van der Waals surface area contributed by atoms with Crippen LogP contribution in [-0.2, 0) is 9.59 Å². The molecule has 0 bridgehead atoms. The van der Waals surface area contributed by atoms with Crippen LogP contribution in [0.15, 0.2) is 0 Å². The molecule has 2 unspecified atom stereocenters. The minimum absolute atomic E-state index is 0.172. The first kappa shape index (κ1) is 15.2. The molecule has 1 rings (SSSR count). The van der Waals surface area contributed by atoms with E-state index in [0.29, 0.717) is 0 Å². The Labute approximate surface area is 110 Å². The second-order valence-corrected chi connectivity index (χ2v) is 4.65. The number of hydrogen-bond donors (Lipinski definition) is 4. The van der Waals surface area contributed by atoms with Gasteiger partial charge in [-0.15, -0.1) is 0 Å². The summed E-state index contributed by atoms with van der Waals surface area (Å²) in [6, 6.07) is -1.10. The van der Waals surface area contributed by atoms with Gasteiger partial charge >= 0.3 is 18.0 Å². The number of nitrogens with two attached hydrogens (primary N) is 1. The number of amides is 2. The fourth-order valence-electron chi connectivity index (χ4n) is 2.11. The number of rotatable bonds is 5. The first-order valence-electron chi connectivity index (χ1n) is 6.14. The normalized spacial score (nSPS) is 22.6. The van der Waals surface area contributed by atoms with Crippen LogP contribution in [-0.4, -0.2) is 58.3 Å². The summed E-state index contributed by atoms with van der Waals surface area (Å²) in [7, 11) is 0. The molecular weight excluding hydrogens is 254 g/mol. The molecule has 1 aliphatic rings. The Bertz CT molecular complexity index is 344. The highest BCUT2D eigenvalue weighted by Gasteiger charge is 2.27. The maximum atomic E-state index is 11.9. The molecule has 1 aliphatic carbocycles. The van der Waals surface area contributed by atoms with Gasteiger partial charge in [0.15, 0.2) is 0 Å². The second kappa shape index (κ2) is 6.93. The predicted octanol–water partition coefficient (Wildman–Crippen LogP) is -0.563. The first-order chi connectivity index (χ1) is 8.90. The van der Waals surface area contributed by atoms with Crippen molar-refractivity contribution in [2.24, 2.45) is 5.73 Å². The maximum absolute atomic E-state index is 11.9. The molecule has 0 radical (unpaired) electrons. The van der Waals surface area contributed by atoms with Crippen LogP contribution in [0, 0.1) is 0 Å². The number of carbonyl (C=O) groups excluding carboxylic acids is 1. The summed E-state index contributed by atoms with van der Waals surface area (Å²) in [6.45, 7) is -1.31. The van der Waals surface area contributed by atoms with E-state index < -0.39 is 31.1 Å². The average molecular weight is 273 g/mol. The Hall–Kier alpha value is -1.83. The Balaban J connectivity index is 2.59. The van der Waals surface area contributed by atoms with Crippen molar-refractivity contribution < 1.29 is 24.6 Å². The van der Waals surface area contributed by atoms with Crippen LogP contribution in [0.3, 0.4) is 0 Å². The summed E-state index contributed by atoms with van der Waals surface area (Å²) in [5, 5.41) is 19.9. The molecule has 0 aromatic carbocycles. The van der Waals surface area contributed by atoms with E-state index in [9.17, 15) is 14.4 Å². The third-order valence-corrected chi connectivity index (χ3v) is 3.07. The summed E-state index contributed by atoms with van der Waals surface area (Å²) < 4.78 is 0. The van der Waals surface area contributed by atoms with Gasteiger partial charge in [0.1, 0.15) is 13.1 Å². The summed E-state index contributed by atoms with van der Waals surface area (Å²) in [6.07, 6.45) is 3.46. The summed E-state index contributed by atoms with van der Waals surface area (Å²) in [5.74, 6) is -2.52. The molecule has 8 nitrogen and oxygen atoms in total. The topological polar surface area (TPSA) is 133 Å². The van der Waals surface area contributed by atoms with Crippen molar-refractivity contribution in [2.45, 2.75) is 37.8 Å². The van der Waals surface area contributed by atoms with Gasteiger partial charge < -0.3 is 26.2 Å². The summed E-state index contributed by atoms with van der Waals surface area (Å²) >= 11 is 0. The highest BCUT2D eigenvalue weighted by atomic mass is 16.4. The minimum Gasteiger partial charge on any atom is -0.480 e. The molecule has 19 heavy (non-hydrogen) atoms. The minimum atomic E-state index is -1.26. The molecule has 0 aliphatic heterocycles. The molecule has 0 aromatic heterocycles. The van der Waals surface area contributed by atoms with E-state index in [-0.39, 0.29) is 12.1 Å². The lowest BCUT2D eigenvalue weighted by atomic mass is 9.91. The Morgan fingerprint density at radius 2 is 1.63 bits per heavy atom. The smallest absolute Gasteiger partial charge is 0.323 e. The van der Waals surface area contributed by atoms with E-state index in [2.05, 4.69) is 5.32 Å². The Kier molecular flexibility index (Phi) is 5.56. The Morgan fingerprint density at radius 3 is 2.11 bits per heavy atom. The number of nitrogens with one attached hydrogen (secondary N) is 1. The SMILES string of the molecule is NC1CCCCC1NC(=O)N(CC(=O)O)CC(=O)O. The van der Waals surface area contributed by atoms with Crippen molar-refractivity contribution in [1.82, 2.24) is 10.2 Å². The van der Waals surface area contributed by atoms with Crippen molar-refractivity contribution in [3.8, 4) is 0 Å². The van der Waals surface area contributed by atoms with Gasteiger partial charge in [0.2, 0.25) is 0 Å². The number of nitrogens with zero attached hydrogens (tertiary/aromatic N) is 1. The lowest BCUT2D eigenvalue weighted by Crippen LogP contribution is -2.54. The van der Waals surface area contributed by atoms with Crippen LogP contribution in [0.4, 0.5) is 4.79 Å². The average Bonchev–Trinajstić information content (AvgIpc) is 2.30. The molecule has 1 saturated carbocycles. The van der Waals surface area contributed by atoms with Crippen molar-refractivity contribution in [3.63, 3.8) is 0 Å². The van der Waals surface area contributed by atoms with Gasteiger partial charge in [0, 0.05) is 12.1 Å². The quantitative estimate of drug-likeness (QED) is 0.530. The molecule has 0 saturated heterocycles. The fraction of sp³-hybridized carbons (Fsp3) is 0.727. The third kappa shape index (κ3) is 5.12. The monoisotopic (exact) mass is 273 g/mol. The van der Waals surface area contributed by atoms with Gasteiger partial charge in [-0.2, -0.15) is 0 Å². The van der Waals surface area contributed by atoms with Gasteiger partial charge in [0.25, 0.3) is 0 Å². The third-order valence-electron chi connectivity index (χ3n) is 3.07. The number of carboxylic acid groups (broad SMARTS) is 2. The molecule has 2 amide bonds. The van der Waals surface area contributed by atoms with Gasteiger partial charge in [-0.3, -0.25) is 9.59 Å². The van der Waals surface area contributed by atoms with E-state index in [1.54, 1.807) is 0 Å². The second-order valence-electron chi connectivity index (χ2n) is 4.65. The molecule has 0 aromatic rings. The fourth-order valence-corrected chi connectivity index (χ4v) is 2.11. The zero-order valence-electron chi connectivity index (χ0n) is 10.5. The van der Waals surface area contributed by atoms with Gasteiger partial charge in [0.05, 0.1) is 0 Å². The van der Waals surface area contributed by atoms with Gasteiger partial charge in [-0.05, 0) is 12.8 Å². The van der Waals surface area contributed by atoms with Gasteiger partial charge in [-0.25, -0.2) is 4.79 Å².